The Labute approximate surface area is 260 Å². The minimum atomic E-state index is -3.58. The predicted molar refractivity (Wildman–Crippen MR) is 162 cm³/mol. The van der Waals surface area contributed by atoms with Crippen molar-refractivity contribution in [1.82, 2.24) is 25.1 Å². The van der Waals surface area contributed by atoms with Crippen molar-refractivity contribution in [2.75, 3.05) is 6.26 Å². The number of sulfonamides is 1. The normalized spacial score (nSPS) is 22.3. The summed E-state index contributed by atoms with van der Waals surface area (Å²) in [4.78, 5) is 42.7. The molecule has 42 heavy (non-hydrogen) atoms. The van der Waals surface area contributed by atoms with Crippen LogP contribution in [0.4, 0.5) is 0 Å². The molecule has 0 radical (unpaired) electrons. The second kappa shape index (κ2) is 13.3. The SMILES string of the molecule is Cc1[nH]cnc1CONC(=O)[C@@H]1c2ccccc2C(=O)N(C2CCCC[C@@H]2NS(C)(=O)=O)[C@H]1c1ccc(Cl)cc1Cl.Cl. The van der Waals surface area contributed by atoms with Crippen LogP contribution in [0.5, 0.6) is 0 Å². The molecule has 5 rings (SSSR count). The largest absolute Gasteiger partial charge is 0.348 e. The van der Waals surface area contributed by atoms with Crippen molar-refractivity contribution < 1.29 is 22.8 Å². The highest BCUT2D eigenvalue weighted by Crippen LogP contribution is 2.47. The molecule has 1 aromatic heterocycles. The summed E-state index contributed by atoms with van der Waals surface area (Å²) in [5.74, 6) is -1.72. The number of nitrogens with one attached hydrogen (secondary N) is 3. The fourth-order valence-corrected chi connectivity index (χ4v) is 7.24. The third-order valence-corrected chi connectivity index (χ3v) is 9.00. The minimum Gasteiger partial charge on any atom is -0.348 e. The lowest BCUT2D eigenvalue weighted by Crippen LogP contribution is -2.59. The van der Waals surface area contributed by atoms with Gasteiger partial charge < -0.3 is 9.88 Å². The smallest absolute Gasteiger partial charge is 0.255 e. The lowest BCUT2D eigenvalue weighted by atomic mass is 9.76. The summed E-state index contributed by atoms with van der Waals surface area (Å²) in [5.41, 5.74) is 5.42. The molecule has 2 aliphatic rings. The van der Waals surface area contributed by atoms with Gasteiger partial charge in [0, 0.05) is 33.4 Å². The van der Waals surface area contributed by atoms with Crippen molar-refractivity contribution in [3.63, 3.8) is 0 Å². The van der Waals surface area contributed by atoms with E-state index in [-0.39, 0.29) is 29.9 Å². The van der Waals surface area contributed by atoms with E-state index >= 15 is 0 Å². The highest BCUT2D eigenvalue weighted by atomic mass is 35.5. The lowest BCUT2D eigenvalue weighted by molar-refractivity contribution is -0.138. The van der Waals surface area contributed by atoms with E-state index < -0.39 is 40.0 Å². The van der Waals surface area contributed by atoms with Gasteiger partial charge in [-0.15, -0.1) is 12.4 Å². The number of benzene rings is 2. The first-order valence-electron chi connectivity index (χ1n) is 13.3. The molecule has 0 spiro atoms. The zero-order valence-electron chi connectivity index (χ0n) is 23.0. The average molecular weight is 657 g/mol. The maximum atomic E-state index is 14.3. The van der Waals surface area contributed by atoms with Crippen LogP contribution in [0.2, 0.25) is 10.0 Å². The van der Waals surface area contributed by atoms with Crippen LogP contribution in [-0.2, 0) is 26.3 Å². The Morgan fingerprint density at radius 3 is 2.57 bits per heavy atom. The molecule has 2 heterocycles. The number of nitrogens with zero attached hydrogens (tertiary/aromatic N) is 2. The summed E-state index contributed by atoms with van der Waals surface area (Å²) in [6.07, 6.45) is 5.34. The van der Waals surface area contributed by atoms with Crippen LogP contribution in [0, 0.1) is 6.92 Å². The van der Waals surface area contributed by atoms with E-state index in [4.69, 9.17) is 28.0 Å². The highest BCUT2D eigenvalue weighted by molar-refractivity contribution is 7.88. The molecule has 1 aliphatic carbocycles. The summed E-state index contributed by atoms with van der Waals surface area (Å²) in [5, 5.41) is 0.690. The van der Waals surface area contributed by atoms with E-state index in [1.54, 1.807) is 53.7 Å². The molecule has 0 bridgehead atoms. The zero-order chi connectivity index (χ0) is 29.3. The minimum absolute atomic E-state index is 0. The van der Waals surface area contributed by atoms with Crippen molar-refractivity contribution in [2.45, 2.75) is 63.3 Å². The Hall–Kier alpha value is -2.67. The fraction of sp³-hybridized carbons (Fsp3) is 0.393. The first kappa shape index (κ1) is 32.2. The number of amides is 2. The van der Waals surface area contributed by atoms with E-state index in [9.17, 15) is 18.0 Å². The number of rotatable bonds is 8. The summed E-state index contributed by atoms with van der Waals surface area (Å²) in [6.45, 7) is 1.88. The summed E-state index contributed by atoms with van der Waals surface area (Å²) >= 11 is 13.0. The Morgan fingerprint density at radius 1 is 1.14 bits per heavy atom. The maximum absolute atomic E-state index is 14.3. The van der Waals surface area contributed by atoms with Crippen molar-refractivity contribution in [1.29, 1.82) is 0 Å². The van der Waals surface area contributed by atoms with Gasteiger partial charge in [0.15, 0.2) is 0 Å². The first-order chi connectivity index (χ1) is 19.5. The van der Waals surface area contributed by atoms with Crippen LogP contribution in [0.25, 0.3) is 0 Å². The Bertz CT molecular complexity index is 1570. The maximum Gasteiger partial charge on any atom is 0.255 e. The van der Waals surface area contributed by atoms with Crippen LogP contribution in [0.1, 0.15) is 70.5 Å². The van der Waals surface area contributed by atoms with E-state index in [0.29, 0.717) is 40.2 Å². The van der Waals surface area contributed by atoms with Crippen LogP contribution in [0.3, 0.4) is 0 Å². The monoisotopic (exact) mass is 655 g/mol. The van der Waals surface area contributed by atoms with Gasteiger partial charge in [0.25, 0.3) is 11.8 Å². The molecule has 3 N–H and O–H groups in total. The van der Waals surface area contributed by atoms with Gasteiger partial charge in [0.2, 0.25) is 10.0 Å². The van der Waals surface area contributed by atoms with Crippen molar-refractivity contribution in [2.24, 2.45) is 0 Å². The molecule has 1 fully saturated rings. The van der Waals surface area contributed by atoms with Gasteiger partial charge in [-0.3, -0.25) is 14.4 Å². The molecule has 226 valence electrons. The topological polar surface area (TPSA) is 133 Å². The number of aromatic amines is 1. The summed E-state index contributed by atoms with van der Waals surface area (Å²) in [6, 6.07) is 9.93. The second-order valence-corrected chi connectivity index (χ2v) is 13.1. The molecule has 1 aliphatic heterocycles. The number of carbonyl (C=O) groups excluding carboxylic acids is 2. The van der Waals surface area contributed by atoms with E-state index in [2.05, 4.69) is 20.2 Å². The van der Waals surface area contributed by atoms with Gasteiger partial charge >= 0.3 is 0 Å². The van der Waals surface area contributed by atoms with E-state index in [1.165, 1.54) is 0 Å². The molecule has 3 aromatic rings. The number of hydrogen-bond donors (Lipinski definition) is 3. The highest BCUT2D eigenvalue weighted by Gasteiger charge is 2.49. The average Bonchev–Trinajstić information content (AvgIpc) is 3.33. The fourth-order valence-electron chi connectivity index (χ4n) is 5.90. The summed E-state index contributed by atoms with van der Waals surface area (Å²) < 4.78 is 27.4. The third kappa shape index (κ3) is 6.77. The Kier molecular flexibility index (Phi) is 10.2. The number of H-pyrrole nitrogens is 1. The third-order valence-electron chi connectivity index (χ3n) is 7.71. The quantitative estimate of drug-likeness (QED) is 0.298. The van der Waals surface area contributed by atoms with E-state index in [0.717, 1.165) is 24.8 Å². The number of halogens is 3. The van der Waals surface area contributed by atoms with Gasteiger partial charge in [-0.1, -0.05) is 60.3 Å². The standard InChI is InChI=1S/C28H31Cl2N5O5S.ClH/c1-16-23(32-15-31-16)14-40-33-27(36)25-18-7-3-4-8-19(18)28(37)35(26(25)20-12-11-17(29)13-21(20)30)24-10-6-5-9-22(24)34-41(2,38)39;/h3-4,7-8,11-13,15,22,24-26,34H,5-6,9-10,14H2,1-2H3,(H,31,32)(H,33,36);1H/t22-,24?,25+,26-;/m0./s1. The van der Waals surface area contributed by atoms with Crippen LogP contribution in [-0.4, -0.2) is 53.4 Å². The van der Waals surface area contributed by atoms with Crippen molar-refractivity contribution in [3.8, 4) is 0 Å². The molecular weight excluding hydrogens is 625 g/mol. The molecule has 1 saturated carbocycles. The van der Waals surface area contributed by atoms with Crippen LogP contribution < -0.4 is 10.2 Å². The number of fused-ring (bicyclic) bond motifs is 1. The molecule has 0 saturated heterocycles. The first-order valence-corrected chi connectivity index (χ1v) is 15.9. The Morgan fingerprint density at radius 2 is 1.88 bits per heavy atom. The van der Waals surface area contributed by atoms with Crippen molar-refractivity contribution in [3.05, 3.63) is 86.9 Å². The zero-order valence-corrected chi connectivity index (χ0v) is 26.1. The predicted octanol–water partition coefficient (Wildman–Crippen LogP) is 4.84. The molecule has 2 amide bonds. The number of hydroxylamine groups is 1. The molecule has 14 heteroatoms. The Balaban J connectivity index is 0.00000405. The van der Waals surface area contributed by atoms with Gasteiger partial charge in [0.05, 0.1) is 30.2 Å². The number of imidazole rings is 1. The van der Waals surface area contributed by atoms with Gasteiger partial charge in [-0.25, -0.2) is 23.6 Å². The second-order valence-electron chi connectivity index (χ2n) is 10.5. The van der Waals surface area contributed by atoms with Gasteiger partial charge in [-0.2, -0.15) is 0 Å². The molecule has 4 atom stereocenters. The number of carbonyl (C=O) groups is 2. The molecule has 2 aromatic carbocycles. The van der Waals surface area contributed by atoms with E-state index in [1.807, 2.05) is 6.92 Å². The molecule has 10 nitrogen and oxygen atoms in total. The number of aryl methyl sites for hydroxylation is 1. The van der Waals surface area contributed by atoms with Gasteiger partial charge in [-0.05, 0) is 49.1 Å². The number of hydrogen-bond acceptors (Lipinski definition) is 6. The molecule has 1 unspecified atom stereocenters. The van der Waals surface area contributed by atoms with Crippen molar-refractivity contribution >= 4 is 57.4 Å². The lowest BCUT2D eigenvalue weighted by Gasteiger charge is -2.49. The van der Waals surface area contributed by atoms with Gasteiger partial charge in [0.1, 0.15) is 6.61 Å². The molecular formula is C28H32Cl3N5O5S. The van der Waals surface area contributed by atoms with Crippen LogP contribution >= 0.6 is 35.6 Å². The number of aromatic nitrogens is 2. The van der Waals surface area contributed by atoms with Crippen LogP contribution in [0.15, 0.2) is 48.8 Å². The summed E-state index contributed by atoms with van der Waals surface area (Å²) in [7, 11) is -3.58.